The minimum absolute atomic E-state index is 0.0286. The highest BCUT2D eigenvalue weighted by Gasteiger charge is 2.34. The molecular formula is C13H14N2O4. The summed E-state index contributed by atoms with van der Waals surface area (Å²) in [6, 6.07) is 8.65. The van der Waals surface area contributed by atoms with Gasteiger partial charge in [-0.2, -0.15) is 0 Å². The highest BCUT2D eigenvalue weighted by Crippen LogP contribution is 2.09. The van der Waals surface area contributed by atoms with E-state index in [0.29, 0.717) is 6.41 Å². The molecule has 1 aliphatic rings. The third kappa shape index (κ3) is 3.31. The number of benzene rings is 1. The van der Waals surface area contributed by atoms with Crippen molar-refractivity contribution >= 4 is 18.3 Å². The Balaban J connectivity index is 1.84. The lowest BCUT2D eigenvalue weighted by atomic mass is 10.2. The zero-order valence-corrected chi connectivity index (χ0v) is 10.2. The van der Waals surface area contributed by atoms with Crippen LogP contribution in [-0.4, -0.2) is 42.3 Å². The fourth-order valence-electron chi connectivity index (χ4n) is 1.86. The fraction of sp³-hybridized carbons (Fsp3) is 0.308. The van der Waals surface area contributed by atoms with Crippen molar-refractivity contribution in [1.82, 2.24) is 10.2 Å². The van der Waals surface area contributed by atoms with Crippen molar-refractivity contribution < 1.29 is 19.1 Å². The van der Waals surface area contributed by atoms with Crippen LogP contribution >= 0.6 is 0 Å². The molecule has 1 aromatic rings. The zero-order chi connectivity index (χ0) is 13.7. The molecule has 19 heavy (non-hydrogen) atoms. The number of Topliss-reactive ketones (excluding diaryl/α,β-unsaturated/α-hetero) is 1. The Morgan fingerprint density at radius 1 is 1.42 bits per heavy atom. The van der Waals surface area contributed by atoms with Crippen LogP contribution < -0.4 is 5.32 Å². The predicted octanol–water partition coefficient (Wildman–Crippen LogP) is 0.322. The van der Waals surface area contributed by atoms with Crippen LogP contribution in [0.25, 0.3) is 0 Å². The van der Waals surface area contributed by atoms with Crippen LogP contribution in [0.4, 0.5) is 4.79 Å². The van der Waals surface area contributed by atoms with Gasteiger partial charge in [-0.15, -0.1) is 0 Å². The quantitative estimate of drug-likeness (QED) is 0.793. The first-order valence-corrected chi connectivity index (χ1v) is 5.88. The summed E-state index contributed by atoms with van der Waals surface area (Å²) in [6.45, 7) is 0.292. The molecule has 0 aromatic heterocycles. The molecule has 1 aliphatic heterocycles. The van der Waals surface area contributed by atoms with Gasteiger partial charge in [0.25, 0.3) is 0 Å². The average Bonchev–Trinajstić information content (AvgIpc) is 2.79. The van der Waals surface area contributed by atoms with Gasteiger partial charge >= 0.3 is 6.09 Å². The van der Waals surface area contributed by atoms with Crippen LogP contribution in [0.15, 0.2) is 30.3 Å². The number of hydrogen-bond acceptors (Lipinski definition) is 4. The molecule has 0 bridgehead atoms. The van der Waals surface area contributed by atoms with Crippen LogP contribution in [0, 0.1) is 0 Å². The molecule has 1 aromatic carbocycles. The van der Waals surface area contributed by atoms with Crippen molar-refractivity contribution in [3.05, 3.63) is 35.9 Å². The maximum atomic E-state index is 11.7. The van der Waals surface area contributed by atoms with E-state index in [-0.39, 0.29) is 25.5 Å². The van der Waals surface area contributed by atoms with Crippen LogP contribution in [-0.2, 0) is 20.9 Å². The number of nitrogens with one attached hydrogen (secondary N) is 1. The maximum Gasteiger partial charge on any atom is 0.410 e. The summed E-state index contributed by atoms with van der Waals surface area (Å²) in [6.07, 6.45) is -0.0890. The van der Waals surface area contributed by atoms with Crippen molar-refractivity contribution in [2.24, 2.45) is 0 Å². The second kappa shape index (κ2) is 5.99. The van der Waals surface area contributed by atoms with Gasteiger partial charge in [-0.05, 0) is 5.56 Å². The lowest BCUT2D eigenvalue weighted by Gasteiger charge is -2.15. The fourth-order valence-corrected chi connectivity index (χ4v) is 1.86. The van der Waals surface area contributed by atoms with E-state index in [1.807, 2.05) is 30.3 Å². The molecular weight excluding hydrogens is 248 g/mol. The molecule has 2 amide bonds. The van der Waals surface area contributed by atoms with E-state index < -0.39 is 12.1 Å². The SMILES string of the molecule is O=CNC1CN(C(=O)OCc2ccccc2)CC1=O. The third-order valence-electron chi connectivity index (χ3n) is 2.87. The van der Waals surface area contributed by atoms with E-state index in [1.165, 1.54) is 4.90 Å². The number of carbonyl (C=O) groups is 3. The van der Waals surface area contributed by atoms with Gasteiger partial charge in [-0.25, -0.2) is 4.79 Å². The molecule has 0 saturated carbocycles. The van der Waals surface area contributed by atoms with E-state index in [1.54, 1.807) is 0 Å². The number of carbonyl (C=O) groups excluding carboxylic acids is 3. The number of amides is 2. The smallest absolute Gasteiger partial charge is 0.410 e. The van der Waals surface area contributed by atoms with E-state index in [2.05, 4.69) is 5.32 Å². The summed E-state index contributed by atoms with van der Waals surface area (Å²) in [5.74, 6) is -0.191. The van der Waals surface area contributed by atoms with E-state index >= 15 is 0 Å². The summed E-state index contributed by atoms with van der Waals surface area (Å²) in [7, 11) is 0. The highest BCUT2D eigenvalue weighted by molar-refractivity contribution is 5.93. The molecule has 1 unspecified atom stereocenters. The van der Waals surface area contributed by atoms with Gasteiger partial charge in [0, 0.05) is 0 Å². The molecule has 6 heteroatoms. The molecule has 100 valence electrons. The van der Waals surface area contributed by atoms with Crippen LogP contribution in [0.1, 0.15) is 5.56 Å². The lowest BCUT2D eigenvalue weighted by Crippen LogP contribution is -2.36. The van der Waals surface area contributed by atoms with E-state index in [0.717, 1.165) is 5.56 Å². The summed E-state index contributed by atoms with van der Waals surface area (Å²) < 4.78 is 5.11. The Kier molecular flexibility index (Phi) is 4.12. The molecule has 0 radical (unpaired) electrons. The topological polar surface area (TPSA) is 75.7 Å². The minimum atomic E-state index is -0.623. The summed E-state index contributed by atoms with van der Waals surface area (Å²) in [4.78, 5) is 34.8. The van der Waals surface area contributed by atoms with Gasteiger partial charge in [-0.3, -0.25) is 14.5 Å². The molecule has 1 saturated heterocycles. The van der Waals surface area contributed by atoms with Crippen molar-refractivity contribution in [2.45, 2.75) is 12.6 Å². The Morgan fingerprint density at radius 3 is 2.84 bits per heavy atom. The van der Waals surface area contributed by atoms with Crippen molar-refractivity contribution in [2.75, 3.05) is 13.1 Å². The molecule has 1 heterocycles. The Hall–Kier alpha value is -2.37. The van der Waals surface area contributed by atoms with Gasteiger partial charge in [-0.1, -0.05) is 30.3 Å². The third-order valence-corrected chi connectivity index (χ3v) is 2.87. The molecule has 0 aliphatic carbocycles. The number of rotatable bonds is 4. The summed E-state index contributed by atoms with van der Waals surface area (Å²) in [5, 5.41) is 2.37. The normalized spacial score (nSPS) is 18.2. The van der Waals surface area contributed by atoms with Crippen molar-refractivity contribution in [1.29, 1.82) is 0 Å². The minimum Gasteiger partial charge on any atom is -0.445 e. The van der Waals surface area contributed by atoms with Crippen LogP contribution in [0.5, 0.6) is 0 Å². The van der Waals surface area contributed by atoms with E-state index in [4.69, 9.17) is 4.74 Å². The van der Waals surface area contributed by atoms with Crippen molar-refractivity contribution in [3.63, 3.8) is 0 Å². The molecule has 6 nitrogen and oxygen atoms in total. The molecule has 0 spiro atoms. The summed E-state index contributed by atoms with van der Waals surface area (Å²) in [5.41, 5.74) is 0.879. The maximum absolute atomic E-state index is 11.7. The number of nitrogens with zero attached hydrogens (tertiary/aromatic N) is 1. The largest absolute Gasteiger partial charge is 0.445 e. The first-order chi connectivity index (χ1) is 9.20. The zero-order valence-electron chi connectivity index (χ0n) is 10.2. The number of hydrogen-bond donors (Lipinski definition) is 1. The second-order valence-electron chi connectivity index (χ2n) is 4.22. The average molecular weight is 262 g/mol. The number of ether oxygens (including phenoxy) is 1. The standard InChI is InChI=1S/C13H14N2O4/c16-9-14-11-6-15(7-12(11)17)13(18)19-8-10-4-2-1-3-5-10/h1-5,9,11H,6-8H2,(H,14,16). The highest BCUT2D eigenvalue weighted by atomic mass is 16.6. The first kappa shape index (κ1) is 13.1. The van der Waals surface area contributed by atoms with Gasteiger partial charge in [0.05, 0.1) is 13.1 Å². The van der Waals surface area contributed by atoms with Gasteiger partial charge in [0.2, 0.25) is 6.41 Å². The first-order valence-electron chi connectivity index (χ1n) is 5.88. The second-order valence-corrected chi connectivity index (χ2v) is 4.22. The van der Waals surface area contributed by atoms with Gasteiger partial charge in [0.15, 0.2) is 5.78 Å². The molecule has 1 fully saturated rings. The molecule has 1 atom stereocenters. The van der Waals surface area contributed by atoms with Gasteiger partial charge < -0.3 is 10.1 Å². The molecule has 1 N–H and O–H groups in total. The number of ketones is 1. The van der Waals surface area contributed by atoms with Crippen LogP contribution in [0.3, 0.4) is 0 Å². The summed E-state index contributed by atoms with van der Waals surface area (Å²) >= 11 is 0. The van der Waals surface area contributed by atoms with E-state index in [9.17, 15) is 14.4 Å². The monoisotopic (exact) mass is 262 g/mol. The van der Waals surface area contributed by atoms with Crippen molar-refractivity contribution in [3.8, 4) is 0 Å². The Labute approximate surface area is 110 Å². The predicted molar refractivity (Wildman–Crippen MR) is 66.2 cm³/mol. The molecule has 2 rings (SSSR count). The lowest BCUT2D eigenvalue weighted by molar-refractivity contribution is -0.120. The Morgan fingerprint density at radius 2 is 2.16 bits per heavy atom. The number of likely N-dealkylation sites (tertiary alicyclic amines) is 1. The Bertz CT molecular complexity index is 475. The van der Waals surface area contributed by atoms with Crippen LogP contribution in [0.2, 0.25) is 0 Å². The van der Waals surface area contributed by atoms with Gasteiger partial charge in [0.1, 0.15) is 12.6 Å².